The summed E-state index contributed by atoms with van der Waals surface area (Å²) in [6.07, 6.45) is 6.88. The molecule has 1 fully saturated rings. The SMILES string of the molecule is CCCCN(CCCN(C)C)C(=O)CN1C[C@H](c2cc(OC)c3c(c2)OCO3)[C@@H](C(=O)O)[C@@H]1CCc1ncco1. The lowest BCUT2D eigenvalue weighted by Gasteiger charge is -2.30. The van der Waals surface area contributed by atoms with Gasteiger partial charge in [0, 0.05) is 38.0 Å². The summed E-state index contributed by atoms with van der Waals surface area (Å²) in [5.74, 6) is 0.128. The van der Waals surface area contributed by atoms with Gasteiger partial charge < -0.3 is 33.5 Å². The van der Waals surface area contributed by atoms with Crippen LogP contribution in [-0.2, 0) is 16.0 Å². The smallest absolute Gasteiger partial charge is 0.308 e. The highest BCUT2D eigenvalue weighted by Crippen LogP contribution is 2.47. The Labute approximate surface area is 236 Å². The third-order valence-corrected chi connectivity index (χ3v) is 7.79. The predicted molar refractivity (Wildman–Crippen MR) is 148 cm³/mol. The number of carboxylic acids is 1. The van der Waals surface area contributed by atoms with E-state index in [-0.39, 0.29) is 31.2 Å². The molecule has 220 valence electrons. The second-order valence-corrected chi connectivity index (χ2v) is 10.8. The summed E-state index contributed by atoms with van der Waals surface area (Å²) >= 11 is 0. The van der Waals surface area contributed by atoms with Crippen LogP contribution >= 0.6 is 0 Å². The number of carbonyl (C=O) groups is 2. The van der Waals surface area contributed by atoms with E-state index in [1.165, 1.54) is 6.26 Å². The van der Waals surface area contributed by atoms with E-state index >= 15 is 0 Å². The van der Waals surface area contributed by atoms with Gasteiger partial charge in [-0.25, -0.2) is 4.98 Å². The highest BCUT2D eigenvalue weighted by molar-refractivity contribution is 5.79. The van der Waals surface area contributed by atoms with Gasteiger partial charge in [-0.1, -0.05) is 13.3 Å². The van der Waals surface area contributed by atoms with Gasteiger partial charge in [-0.05, 0) is 57.6 Å². The number of aliphatic carboxylic acids is 1. The van der Waals surface area contributed by atoms with Crippen molar-refractivity contribution >= 4 is 11.9 Å². The molecule has 1 saturated heterocycles. The number of aromatic nitrogens is 1. The van der Waals surface area contributed by atoms with Crippen molar-refractivity contribution in [1.29, 1.82) is 0 Å². The van der Waals surface area contributed by atoms with Crippen LogP contribution in [0, 0.1) is 5.92 Å². The summed E-state index contributed by atoms with van der Waals surface area (Å²) in [5, 5.41) is 10.5. The molecular weight excluding hydrogens is 516 g/mol. The van der Waals surface area contributed by atoms with Crippen LogP contribution in [-0.4, -0.2) is 103 Å². The van der Waals surface area contributed by atoms with Crippen LogP contribution in [0.5, 0.6) is 17.2 Å². The predicted octanol–water partition coefficient (Wildman–Crippen LogP) is 3.09. The fourth-order valence-electron chi connectivity index (χ4n) is 5.76. The number of benzene rings is 1. The zero-order valence-electron chi connectivity index (χ0n) is 24.0. The van der Waals surface area contributed by atoms with Crippen molar-refractivity contribution in [2.45, 2.75) is 51.0 Å². The number of hydrogen-bond donors (Lipinski definition) is 1. The number of rotatable bonds is 15. The molecule has 2 aliphatic heterocycles. The molecule has 0 spiro atoms. The van der Waals surface area contributed by atoms with Gasteiger partial charge in [0.25, 0.3) is 0 Å². The number of carboxylic acid groups (broad SMARTS) is 1. The Balaban J connectivity index is 1.60. The molecule has 3 heterocycles. The zero-order valence-corrected chi connectivity index (χ0v) is 24.0. The van der Waals surface area contributed by atoms with Crippen molar-refractivity contribution in [2.24, 2.45) is 5.92 Å². The van der Waals surface area contributed by atoms with Crippen LogP contribution in [0.15, 0.2) is 29.0 Å². The highest BCUT2D eigenvalue weighted by Gasteiger charge is 2.47. The van der Waals surface area contributed by atoms with Gasteiger partial charge in [0.15, 0.2) is 17.4 Å². The highest BCUT2D eigenvalue weighted by atomic mass is 16.7. The molecule has 0 saturated carbocycles. The molecule has 1 amide bonds. The summed E-state index contributed by atoms with van der Waals surface area (Å²) in [7, 11) is 5.60. The molecule has 1 aromatic carbocycles. The number of methoxy groups -OCH3 is 1. The summed E-state index contributed by atoms with van der Waals surface area (Å²) < 4.78 is 22.2. The van der Waals surface area contributed by atoms with Crippen LogP contribution in [0.4, 0.5) is 0 Å². The Morgan fingerprint density at radius 2 is 1.98 bits per heavy atom. The van der Waals surface area contributed by atoms with Gasteiger partial charge in [-0.15, -0.1) is 0 Å². The van der Waals surface area contributed by atoms with Gasteiger partial charge in [0.1, 0.15) is 6.26 Å². The van der Waals surface area contributed by atoms with E-state index in [9.17, 15) is 14.7 Å². The average Bonchev–Trinajstić information content (AvgIpc) is 3.68. The topological polar surface area (TPSA) is 118 Å². The average molecular weight is 559 g/mol. The molecule has 2 aromatic rings. The van der Waals surface area contributed by atoms with Gasteiger partial charge in [-0.3, -0.25) is 14.5 Å². The molecule has 11 heteroatoms. The number of hydrogen-bond acceptors (Lipinski definition) is 9. The maximum atomic E-state index is 13.7. The molecular formula is C29H42N4O7. The lowest BCUT2D eigenvalue weighted by molar-refractivity contribution is -0.143. The number of carbonyl (C=O) groups excluding carboxylic acids is 1. The Morgan fingerprint density at radius 1 is 1.18 bits per heavy atom. The van der Waals surface area contributed by atoms with Crippen LogP contribution < -0.4 is 14.2 Å². The first-order valence-corrected chi connectivity index (χ1v) is 14.1. The third kappa shape index (κ3) is 7.06. The van der Waals surface area contributed by atoms with E-state index in [2.05, 4.69) is 16.8 Å². The Morgan fingerprint density at radius 3 is 2.65 bits per heavy atom. The Bertz CT molecular complexity index is 1120. The summed E-state index contributed by atoms with van der Waals surface area (Å²) in [5.41, 5.74) is 0.790. The number of unbranched alkanes of at least 4 members (excludes halogenated alkanes) is 1. The molecule has 4 rings (SSSR count). The first-order chi connectivity index (χ1) is 19.3. The number of oxazole rings is 1. The van der Waals surface area contributed by atoms with E-state index < -0.39 is 11.9 Å². The van der Waals surface area contributed by atoms with Gasteiger partial charge in [-0.2, -0.15) is 0 Å². The Kier molecular flexibility index (Phi) is 10.3. The second kappa shape index (κ2) is 13.8. The largest absolute Gasteiger partial charge is 0.493 e. The molecule has 11 nitrogen and oxygen atoms in total. The van der Waals surface area contributed by atoms with E-state index in [1.54, 1.807) is 13.3 Å². The van der Waals surface area contributed by atoms with Gasteiger partial charge in [0.05, 0.1) is 25.8 Å². The van der Waals surface area contributed by atoms with Gasteiger partial charge in [0.2, 0.25) is 18.4 Å². The molecule has 2 aliphatic rings. The molecule has 0 bridgehead atoms. The van der Waals surface area contributed by atoms with Crippen molar-refractivity contribution in [3.8, 4) is 17.2 Å². The van der Waals surface area contributed by atoms with E-state index in [0.29, 0.717) is 55.6 Å². The van der Waals surface area contributed by atoms with Crippen molar-refractivity contribution in [2.75, 3.05) is 60.7 Å². The third-order valence-electron chi connectivity index (χ3n) is 7.79. The minimum Gasteiger partial charge on any atom is -0.493 e. The number of aryl methyl sites for hydroxylation is 1. The second-order valence-electron chi connectivity index (χ2n) is 10.8. The van der Waals surface area contributed by atoms with Crippen molar-refractivity contribution in [3.05, 3.63) is 36.0 Å². The first-order valence-electron chi connectivity index (χ1n) is 14.1. The van der Waals surface area contributed by atoms with Crippen molar-refractivity contribution in [1.82, 2.24) is 19.7 Å². The number of amides is 1. The van der Waals surface area contributed by atoms with E-state index in [4.69, 9.17) is 18.6 Å². The summed E-state index contributed by atoms with van der Waals surface area (Å²) in [6, 6.07) is 3.29. The van der Waals surface area contributed by atoms with Crippen LogP contribution in [0.2, 0.25) is 0 Å². The van der Waals surface area contributed by atoms with Crippen molar-refractivity contribution < 1.29 is 33.3 Å². The fourth-order valence-corrected chi connectivity index (χ4v) is 5.76. The molecule has 40 heavy (non-hydrogen) atoms. The molecule has 3 atom stereocenters. The molecule has 1 N–H and O–H groups in total. The zero-order chi connectivity index (χ0) is 28.6. The van der Waals surface area contributed by atoms with Crippen LogP contribution in [0.3, 0.4) is 0 Å². The lowest BCUT2D eigenvalue weighted by Crippen LogP contribution is -2.45. The normalized spacial score (nSPS) is 20.3. The van der Waals surface area contributed by atoms with Gasteiger partial charge >= 0.3 is 5.97 Å². The quantitative estimate of drug-likeness (QED) is 0.349. The van der Waals surface area contributed by atoms with Crippen LogP contribution in [0.1, 0.15) is 50.0 Å². The molecule has 0 unspecified atom stereocenters. The van der Waals surface area contributed by atoms with Crippen LogP contribution in [0.25, 0.3) is 0 Å². The number of ether oxygens (including phenoxy) is 3. The van der Waals surface area contributed by atoms with E-state index in [1.807, 2.05) is 36.0 Å². The number of nitrogens with zero attached hydrogens (tertiary/aromatic N) is 4. The molecule has 0 radical (unpaired) electrons. The Hall–Kier alpha value is -3.31. The minimum atomic E-state index is -0.900. The lowest BCUT2D eigenvalue weighted by atomic mass is 9.83. The first kappa shape index (κ1) is 29.7. The standard InChI is InChI=1S/C29H42N4O7/c1-5-6-12-32(13-7-11-31(2)3)26(34)18-33-17-21(20-15-23(37-4)28-24(16-20)39-19-40-28)27(29(35)36)22(33)8-9-25-30-10-14-38-25/h10,14-16,21-22,27H,5-9,11-13,17-19H2,1-4H3,(H,35,36)/t21-,22+,27-/m1/s1. The summed E-state index contributed by atoms with van der Waals surface area (Å²) in [4.78, 5) is 36.8. The maximum absolute atomic E-state index is 13.7. The fraction of sp³-hybridized carbons (Fsp3) is 0.621. The summed E-state index contributed by atoms with van der Waals surface area (Å²) in [6.45, 7) is 5.05. The molecule has 0 aliphatic carbocycles. The van der Waals surface area contributed by atoms with Crippen molar-refractivity contribution in [3.63, 3.8) is 0 Å². The van der Waals surface area contributed by atoms with E-state index in [0.717, 1.165) is 31.4 Å². The monoisotopic (exact) mass is 558 g/mol. The maximum Gasteiger partial charge on any atom is 0.308 e. The minimum absolute atomic E-state index is 0.0291. The number of likely N-dealkylation sites (tertiary alicyclic amines) is 1. The molecule has 1 aromatic heterocycles. The number of fused-ring (bicyclic) bond motifs is 1.